The molecular formula is C12H10F3N. The van der Waals surface area contributed by atoms with Gasteiger partial charge in [-0.2, -0.15) is 13.2 Å². The van der Waals surface area contributed by atoms with E-state index in [1.165, 1.54) is 11.6 Å². The van der Waals surface area contributed by atoms with Crippen LogP contribution in [0.4, 0.5) is 13.2 Å². The van der Waals surface area contributed by atoms with Crippen molar-refractivity contribution in [3.05, 3.63) is 53.4 Å². The maximum Gasteiger partial charge on any atom is 0.417 e. The average Bonchev–Trinajstić information content (AvgIpc) is 2.70. The lowest BCUT2D eigenvalue weighted by Crippen LogP contribution is -2.06. The van der Waals surface area contributed by atoms with Gasteiger partial charge in [-0.3, -0.25) is 4.98 Å². The van der Waals surface area contributed by atoms with Gasteiger partial charge in [-0.05, 0) is 18.6 Å². The number of aromatic nitrogens is 1. The van der Waals surface area contributed by atoms with Crippen LogP contribution in [-0.2, 0) is 12.6 Å². The second-order valence-electron chi connectivity index (χ2n) is 3.67. The number of pyridine rings is 1. The minimum Gasteiger partial charge on any atom is -0.260 e. The number of allylic oxidation sites excluding steroid dienone is 4. The Morgan fingerprint density at radius 1 is 1.25 bits per heavy atom. The monoisotopic (exact) mass is 225 g/mol. The minimum atomic E-state index is -4.31. The summed E-state index contributed by atoms with van der Waals surface area (Å²) >= 11 is 0. The van der Waals surface area contributed by atoms with Crippen molar-refractivity contribution in [2.75, 3.05) is 0 Å². The Balaban J connectivity index is 2.08. The molecule has 84 valence electrons. The molecule has 1 aliphatic carbocycles. The Morgan fingerprint density at radius 2 is 2.06 bits per heavy atom. The first-order chi connectivity index (χ1) is 7.55. The van der Waals surface area contributed by atoms with Crippen molar-refractivity contribution >= 4 is 0 Å². The third-order valence-electron chi connectivity index (χ3n) is 2.41. The van der Waals surface area contributed by atoms with Crippen LogP contribution in [0, 0.1) is 0 Å². The summed E-state index contributed by atoms with van der Waals surface area (Å²) < 4.78 is 36.8. The quantitative estimate of drug-likeness (QED) is 0.750. The van der Waals surface area contributed by atoms with Crippen molar-refractivity contribution in [3.8, 4) is 0 Å². The minimum absolute atomic E-state index is 0.616. The van der Waals surface area contributed by atoms with Crippen LogP contribution in [0.2, 0.25) is 0 Å². The van der Waals surface area contributed by atoms with Gasteiger partial charge >= 0.3 is 6.18 Å². The molecule has 1 heterocycles. The topological polar surface area (TPSA) is 12.9 Å². The largest absolute Gasteiger partial charge is 0.417 e. The summed E-state index contributed by atoms with van der Waals surface area (Å²) in [6.07, 6.45) is 3.99. The van der Waals surface area contributed by atoms with Crippen LogP contribution in [0.25, 0.3) is 0 Å². The van der Waals surface area contributed by atoms with Gasteiger partial charge in [-0.15, -0.1) is 0 Å². The fourth-order valence-corrected chi connectivity index (χ4v) is 1.55. The van der Waals surface area contributed by atoms with Crippen LogP contribution in [0.1, 0.15) is 17.7 Å². The summed E-state index contributed by atoms with van der Waals surface area (Å²) in [5, 5.41) is 0. The summed E-state index contributed by atoms with van der Waals surface area (Å²) in [4.78, 5) is 3.82. The molecule has 16 heavy (non-hydrogen) atoms. The molecule has 0 saturated heterocycles. The van der Waals surface area contributed by atoms with E-state index in [0.717, 1.165) is 18.7 Å². The molecule has 0 unspecified atom stereocenters. The van der Waals surface area contributed by atoms with Gasteiger partial charge in [-0.1, -0.05) is 23.8 Å². The van der Waals surface area contributed by atoms with Crippen molar-refractivity contribution in [2.45, 2.75) is 19.0 Å². The van der Waals surface area contributed by atoms with E-state index in [-0.39, 0.29) is 0 Å². The van der Waals surface area contributed by atoms with Gasteiger partial charge in [0.05, 0.1) is 5.56 Å². The molecule has 1 aliphatic rings. The molecule has 0 bridgehead atoms. The Morgan fingerprint density at radius 3 is 2.56 bits per heavy atom. The van der Waals surface area contributed by atoms with Crippen LogP contribution < -0.4 is 0 Å². The van der Waals surface area contributed by atoms with Crippen molar-refractivity contribution in [1.29, 1.82) is 0 Å². The maximum atomic E-state index is 12.3. The molecule has 0 aliphatic heterocycles. The highest BCUT2D eigenvalue weighted by molar-refractivity contribution is 5.28. The SMILES string of the molecule is FC(F)(F)c1ccc(CC2=CC=CC2)nc1. The number of nitrogens with zero attached hydrogens (tertiary/aromatic N) is 1. The molecule has 0 saturated carbocycles. The summed E-state index contributed by atoms with van der Waals surface area (Å²) in [6, 6.07) is 2.51. The molecule has 0 radical (unpaired) electrons. The summed E-state index contributed by atoms with van der Waals surface area (Å²) in [5.41, 5.74) is 1.14. The zero-order valence-corrected chi connectivity index (χ0v) is 8.46. The lowest BCUT2D eigenvalue weighted by molar-refractivity contribution is -0.137. The number of hydrogen-bond donors (Lipinski definition) is 0. The predicted molar refractivity (Wildman–Crippen MR) is 54.8 cm³/mol. The lowest BCUT2D eigenvalue weighted by atomic mass is 10.1. The second-order valence-corrected chi connectivity index (χ2v) is 3.67. The molecule has 2 rings (SSSR count). The fraction of sp³-hybridized carbons (Fsp3) is 0.250. The Kier molecular flexibility index (Phi) is 2.81. The third kappa shape index (κ3) is 2.51. The van der Waals surface area contributed by atoms with Gasteiger partial charge in [0.15, 0.2) is 0 Å². The molecule has 0 atom stereocenters. The van der Waals surface area contributed by atoms with Crippen LogP contribution in [0.15, 0.2) is 42.1 Å². The Bertz CT molecular complexity index is 427. The van der Waals surface area contributed by atoms with E-state index < -0.39 is 11.7 Å². The first-order valence-electron chi connectivity index (χ1n) is 4.92. The summed E-state index contributed by atoms with van der Waals surface area (Å²) in [5.74, 6) is 0. The zero-order valence-electron chi connectivity index (χ0n) is 8.46. The molecule has 1 nitrogen and oxygen atoms in total. The van der Waals surface area contributed by atoms with Crippen molar-refractivity contribution in [1.82, 2.24) is 4.98 Å². The smallest absolute Gasteiger partial charge is 0.260 e. The van der Waals surface area contributed by atoms with Crippen LogP contribution in [-0.4, -0.2) is 4.98 Å². The Hall–Kier alpha value is -1.58. The van der Waals surface area contributed by atoms with Crippen molar-refractivity contribution in [3.63, 3.8) is 0 Å². The van der Waals surface area contributed by atoms with Crippen LogP contribution in [0.3, 0.4) is 0 Å². The molecule has 0 fully saturated rings. The molecule has 0 spiro atoms. The van der Waals surface area contributed by atoms with Gasteiger partial charge < -0.3 is 0 Å². The van der Waals surface area contributed by atoms with Gasteiger partial charge in [-0.25, -0.2) is 0 Å². The highest BCUT2D eigenvalue weighted by atomic mass is 19.4. The van der Waals surface area contributed by atoms with E-state index in [4.69, 9.17) is 0 Å². The number of alkyl halides is 3. The lowest BCUT2D eigenvalue weighted by Gasteiger charge is -2.07. The molecule has 0 N–H and O–H groups in total. The van der Waals surface area contributed by atoms with Crippen LogP contribution >= 0.6 is 0 Å². The highest BCUT2D eigenvalue weighted by Gasteiger charge is 2.30. The summed E-state index contributed by atoms with van der Waals surface area (Å²) in [6.45, 7) is 0. The molecular weight excluding hydrogens is 215 g/mol. The van der Waals surface area contributed by atoms with Crippen molar-refractivity contribution < 1.29 is 13.2 Å². The van der Waals surface area contributed by atoms with Crippen molar-refractivity contribution in [2.24, 2.45) is 0 Å². The van der Waals surface area contributed by atoms with E-state index in [2.05, 4.69) is 4.98 Å². The van der Waals surface area contributed by atoms with E-state index in [1.54, 1.807) is 0 Å². The van der Waals surface area contributed by atoms with Gasteiger partial charge in [0, 0.05) is 18.3 Å². The number of hydrogen-bond acceptors (Lipinski definition) is 1. The molecule has 4 heteroatoms. The normalized spacial score (nSPS) is 15.3. The highest BCUT2D eigenvalue weighted by Crippen LogP contribution is 2.28. The van der Waals surface area contributed by atoms with E-state index in [1.807, 2.05) is 18.2 Å². The maximum absolute atomic E-state index is 12.3. The van der Waals surface area contributed by atoms with E-state index in [9.17, 15) is 13.2 Å². The summed E-state index contributed by atoms with van der Waals surface area (Å²) in [7, 11) is 0. The average molecular weight is 225 g/mol. The molecule has 1 aromatic rings. The number of halogens is 3. The molecule has 1 aromatic heterocycles. The zero-order chi connectivity index (χ0) is 11.6. The Labute approximate surface area is 91.3 Å². The van der Waals surface area contributed by atoms with E-state index in [0.29, 0.717) is 12.1 Å². The fourth-order valence-electron chi connectivity index (χ4n) is 1.55. The van der Waals surface area contributed by atoms with Gasteiger partial charge in [0.25, 0.3) is 0 Å². The first-order valence-corrected chi connectivity index (χ1v) is 4.92. The molecule has 0 amide bonds. The van der Waals surface area contributed by atoms with Crippen LogP contribution in [0.5, 0.6) is 0 Å². The second kappa shape index (κ2) is 4.12. The first kappa shape index (κ1) is 10.9. The van der Waals surface area contributed by atoms with E-state index >= 15 is 0 Å². The standard InChI is InChI=1S/C12H10F3N/c13-12(14,15)10-5-6-11(16-8-10)7-9-3-1-2-4-9/h1-3,5-6,8H,4,7H2. The third-order valence-corrected chi connectivity index (χ3v) is 2.41. The predicted octanol–water partition coefficient (Wildman–Crippen LogP) is 3.53. The number of rotatable bonds is 2. The van der Waals surface area contributed by atoms with Gasteiger partial charge in [0.2, 0.25) is 0 Å². The van der Waals surface area contributed by atoms with Gasteiger partial charge in [0.1, 0.15) is 0 Å². The molecule has 0 aromatic carbocycles.